The van der Waals surface area contributed by atoms with E-state index in [9.17, 15) is 0 Å². The van der Waals surface area contributed by atoms with Gasteiger partial charge in [0.05, 0.1) is 5.69 Å². The highest BCUT2D eigenvalue weighted by molar-refractivity contribution is 6.94. The summed E-state index contributed by atoms with van der Waals surface area (Å²) in [6, 6.07) is 70.4. The molecule has 348 valence electrons. The fourth-order valence-corrected chi connectivity index (χ4v) is 12.8. The van der Waals surface area contributed by atoms with Crippen molar-refractivity contribution in [1.82, 2.24) is 0 Å². The first-order chi connectivity index (χ1) is 34.6. The van der Waals surface area contributed by atoms with Gasteiger partial charge in [-0.05, 0) is 184 Å². The smallest absolute Gasteiger partial charge is 0.333 e. The SMILES string of the molecule is CCCCc1ccc(N2B3c4c(cc(-c5c(C)cc(C)cc5C)cc4N(c4ccc(CCCC)cc4-c4ccccc4)c4ccc5c(c43)-c3ccccc3C5(C)C)-c3ccc(-c4ccccc4)cc32)cc1. The molecule has 0 unspecified atom stereocenters. The van der Waals surface area contributed by atoms with Gasteiger partial charge in [-0.1, -0.05) is 180 Å². The number of hydrogen-bond donors (Lipinski definition) is 0. The lowest BCUT2D eigenvalue weighted by Gasteiger charge is -2.47. The maximum Gasteiger partial charge on any atom is 0.333 e. The second-order valence-corrected chi connectivity index (χ2v) is 21.1. The van der Waals surface area contributed by atoms with Crippen LogP contribution < -0.4 is 20.6 Å². The van der Waals surface area contributed by atoms with Gasteiger partial charge in [-0.15, -0.1) is 0 Å². The fourth-order valence-electron chi connectivity index (χ4n) is 12.8. The van der Waals surface area contributed by atoms with Crippen LogP contribution in [0.15, 0.2) is 182 Å². The Labute approximate surface area is 422 Å². The largest absolute Gasteiger partial charge is 0.376 e. The Hall–Kier alpha value is -7.36. The van der Waals surface area contributed by atoms with Crippen LogP contribution in [-0.2, 0) is 18.3 Å². The third-order valence-electron chi connectivity index (χ3n) is 16.1. The molecule has 0 bridgehead atoms. The van der Waals surface area contributed by atoms with Crippen molar-refractivity contribution in [3.05, 3.63) is 221 Å². The average molecular weight is 919 g/mol. The van der Waals surface area contributed by atoms with Gasteiger partial charge in [0.15, 0.2) is 0 Å². The molecule has 71 heavy (non-hydrogen) atoms. The molecule has 2 nitrogen and oxygen atoms in total. The first-order valence-electron chi connectivity index (χ1n) is 26.2. The van der Waals surface area contributed by atoms with Crippen LogP contribution in [0.3, 0.4) is 0 Å². The number of aryl methyl sites for hydroxylation is 5. The topological polar surface area (TPSA) is 6.48 Å². The molecule has 9 aromatic carbocycles. The van der Waals surface area contributed by atoms with Gasteiger partial charge in [0, 0.05) is 39.3 Å². The van der Waals surface area contributed by atoms with E-state index in [1.807, 2.05) is 0 Å². The molecule has 2 aliphatic heterocycles. The Bertz CT molecular complexity index is 3490. The monoisotopic (exact) mass is 919 g/mol. The number of benzene rings is 9. The molecular formula is C68H63BN2. The van der Waals surface area contributed by atoms with E-state index in [0.717, 1.165) is 25.7 Å². The van der Waals surface area contributed by atoms with E-state index in [0.29, 0.717) is 0 Å². The minimum absolute atomic E-state index is 0.151. The molecule has 9 aromatic rings. The summed E-state index contributed by atoms with van der Waals surface area (Å²) in [6.07, 6.45) is 6.83. The van der Waals surface area contributed by atoms with Crippen molar-refractivity contribution in [1.29, 1.82) is 0 Å². The number of fused-ring (bicyclic) bond motifs is 8. The highest BCUT2D eigenvalue weighted by Crippen LogP contribution is 2.55. The second kappa shape index (κ2) is 17.8. The van der Waals surface area contributed by atoms with Crippen LogP contribution in [0.25, 0.3) is 55.6 Å². The molecule has 3 heteroatoms. The molecule has 0 aromatic heterocycles. The molecule has 3 aliphatic rings. The summed E-state index contributed by atoms with van der Waals surface area (Å²) < 4.78 is 0. The number of hydrogen-bond acceptors (Lipinski definition) is 2. The molecular weight excluding hydrogens is 856 g/mol. The standard InChI is InChI=1S/C68H63BN2/c1-8-10-20-47-28-32-53(33-29-47)71-62-42-51(49-22-14-12-15-23-49)31-34-54(62)57-41-52(64-45(4)38-44(3)39-46(64)5)43-63-66(57)69(71)67-61(37-35-59-65(67)55-26-18-19-27-58(55)68(59,6)7)70(63)60-36-30-48(21-11-9-2)40-56(60)50-24-16-13-17-25-50/h12-19,22-43H,8-11,20-21H2,1-7H3. The Balaban J connectivity index is 1.25. The molecule has 2 heterocycles. The summed E-state index contributed by atoms with van der Waals surface area (Å²) in [5, 5.41) is 0. The molecule has 0 amide bonds. The van der Waals surface area contributed by atoms with Crippen molar-refractivity contribution in [3.63, 3.8) is 0 Å². The van der Waals surface area contributed by atoms with Gasteiger partial charge in [0.25, 0.3) is 0 Å². The predicted octanol–water partition coefficient (Wildman–Crippen LogP) is 17.3. The average Bonchev–Trinajstić information content (AvgIpc) is 3.63. The van der Waals surface area contributed by atoms with Crippen molar-refractivity contribution in [3.8, 4) is 55.6 Å². The zero-order valence-corrected chi connectivity index (χ0v) is 42.5. The van der Waals surface area contributed by atoms with Crippen LogP contribution in [0.5, 0.6) is 0 Å². The maximum atomic E-state index is 2.73. The van der Waals surface area contributed by atoms with Gasteiger partial charge < -0.3 is 9.71 Å². The first kappa shape index (κ1) is 44.8. The molecule has 0 fully saturated rings. The Morgan fingerprint density at radius 3 is 1.77 bits per heavy atom. The molecule has 0 saturated carbocycles. The van der Waals surface area contributed by atoms with E-state index in [-0.39, 0.29) is 12.3 Å². The molecule has 0 atom stereocenters. The van der Waals surface area contributed by atoms with Gasteiger partial charge in [-0.3, -0.25) is 0 Å². The lowest BCUT2D eigenvalue weighted by Crippen LogP contribution is -2.62. The summed E-state index contributed by atoms with van der Waals surface area (Å²) in [4.78, 5) is 5.41. The third kappa shape index (κ3) is 7.38. The van der Waals surface area contributed by atoms with Gasteiger partial charge >= 0.3 is 6.85 Å². The molecule has 0 saturated heterocycles. The molecule has 12 rings (SSSR count). The number of unbranched alkanes of at least 4 members (excludes halogenated alkanes) is 2. The van der Waals surface area contributed by atoms with Gasteiger partial charge in [-0.25, -0.2) is 0 Å². The van der Waals surface area contributed by atoms with E-state index in [4.69, 9.17) is 0 Å². The second-order valence-electron chi connectivity index (χ2n) is 21.1. The lowest BCUT2D eigenvalue weighted by atomic mass is 9.42. The van der Waals surface area contributed by atoms with E-state index < -0.39 is 0 Å². The molecule has 1 aliphatic carbocycles. The lowest BCUT2D eigenvalue weighted by molar-refractivity contribution is 0.660. The molecule has 0 N–H and O–H groups in total. The van der Waals surface area contributed by atoms with E-state index in [2.05, 4.69) is 240 Å². The summed E-state index contributed by atoms with van der Waals surface area (Å²) in [5.41, 5.74) is 30.9. The van der Waals surface area contributed by atoms with Crippen LogP contribution in [-0.4, -0.2) is 6.85 Å². The number of anilines is 5. The van der Waals surface area contributed by atoms with E-state index in [1.165, 1.54) is 147 Å². The van der Waals surface area contributed by atoms with E-state index in [1.54, 1.807) is 0 Å². The van der Waals surface area contributed by atoms with Crippen molar-refractivity contribution >= 4 is 46.2 Å². The highest BCUT2D eigenvalue weighted by atomic mass is 15.2. The van der Waals surface area contributed by atoms with Gasteiger partial charge in [0.2, 0.25) is 0 Å². The Kier molecular flexibility index (Phi) is 11.2. The Morgan fingerprint density at radius 2 is 1.06 bits per heavy atom. The minimum atomic E-state index is -0.186. The van der Waals surface area contributed by atoms with Crippen LogP contribution in [0, 0.1) is 20.8 Å². The first-order valence-corrected chi connectivity index (χ1v) is 26.2. The van der Waals surface area contributed by atoms with E-state index >= 15 is 0 Å². The van der Waals surface area contributed by atoms with Gasteiger partial charge in [-0.2, -0.15) is 0 Å². The minimum Gasteiger partial charge on any atom is -0.376 e. The van der Waals surface area contributed by atoms with Crippen LogP contribution in [0.2, 0.25) is 0 Å². The fraction of sp³-hybridized carbons (Fsp3) is 0.206. The normalized spacial score (nSPS) is 13.6. The zero-order chi connectivity index (χ0) is 48.5. The summed E-state index contributed by atoms with van der Waals surface area (Å²) in [6.45, 7) is 16.1. The summed E-state index contributed by atoms with van der Waals surface area (Å²) in [7, 11) is 0. The quantitative estimate of drug-likeness (QED) is 0.119. The molecule has 0 spiro atoms. The zero-order valence-electron chi connectivity index (χ0n) is 42.5. The summed E-state index contributed by atoms with van der Waals surface area (Å²) in [5.74, 6) is 0. The van der Waals surface area contributed by atoms with Crippen molar-refractivity contribution < 1.29 is 0 Å². The van der Waals surface area contributed by atoms with Crippen molar-refractivity contribution in [2.24, 2.45) is 0 Å². The Morgan fingerprint density at radius 1 is 0.423 bits per heavy atom. The van der Waals surface area contributed by atoms with Gasteiger partial charge in [0.1, 0.15) is 0 Å². The van der Waals surface area contributed by atoms with Crippen LogP contribution in [0.1, 0.15) is 92.3 Å². The van der Waals surface area contributed by atoms with Crippen LogP contribution >= 0.6 is 0 Å². The van der Waals surface area contributed by atoms with Crippen molar-refractivity contribution in [2.45, 2.75) is 92.4 Å². The van der Waals surface area contributed by atoms with Crippen LogP contribution in [0.4, 0.5) is 28.4 Å². The molecule has 0 radical (unpaired) electrons. The summed E-state index contributed by atoms with van der Waals surface area (Å²) >= 11 is 0. The number of rotatable bonds is 11. The maximum absolute atomic E-state index is 2.73. The van der Waals surface area contributed by atoms with Crippen molar-refractivity contribution in [2.75, 3.05) is 9.71 Å². The third-order valence-corrected chi connectivity index (χ3v) is 16.1. The predicted molar refractivity (Wildman–Crippen MR) is 305 cm³/mol. The highest BCUT2D eigenvalue weighted by Gasteiger charge is 2.50. The number of nitrogens with zero attached hydrogens (tertiary/aromatic N) is 2.